The quantitative estimate of drug-likeness (QED) is 0.751. The summed E-state index contributed by atoms with van der Waals surface area (Å²) < 4.78 is 27.0. The van der Waals surface area contributed by atoms with Crippen molar-refractivity contribution in [3.63, 3.8) is 0 Å². The Kier molecular flexibility index (Phi) is 4.09. The van der Waals surface area contributed by atoms with Crippen molar-refractivity contribution < 1.29 is 23.4 Å². The van der Waals surface area contributed by atoms with Crippen molar-refractivity contribution in [2.45, 2.75) is 18.7 Å². The molecule has 0 atom stereocenters. The van der Waals surface area contributed by atoms with E-state index in [9.17, 15) is 18.3 Å². The van der Waals surface area contributed by atoms with Gasteiger partial charge < -0.3 is 10.2 Å². The lowest BCUT2D eigenvalue weighted by atomic mass is 10.2. The van der Waals surface area contributed by atoms with Crippen LogP contribution in [0.4, 0.5) is 5.69 Å². The van der Waals surface area contributed by atoms with Crippen LogP contribution in [0.25, 0.3) is 0 Å². The maximum atomic E-state index is 12.4. The topological polar surface area (TPSA) is 104 Å². The molecule has 0 heterocycles. The van der Waals surface area contributed by atoms with E-state index in [0.29, 0.717) is 5.56 Å². The van der Waals surface area contributed by atoms with Gasteiger partial charge in [-0.05, 0) is 43.7 Å². The van der Waals surface area contributed by atoms with Crippen LogP contribution in [0.5, 0.6) is 5.75 Å². The molecule has 0 saturated heterocycles. The fraction of sp³-hybridized carbons (Fsp3) is 0.133. The van der Waals surface area contributed by atoms with E-state index in [1.165, 1.54) is 12.1 Å². The van der Waals surface area contributed by atoms with Crippen LogP contribution in [0.1, 0.15) is 21.5 Å². The van der Waals surface area contributed by atoms with Crippen molar-refractivity contribution in [2.75, 3.05) is 4.72 Å². The number of phenols is 1. The number of aromatic hydroxyl groups is 1. The summed E-state index contributed by atoms with van der Waals surface area (Å²) in [6, 6.07) is 8.23. The fourth-order valence-electron chi connectivity index (χ4n) is 2.05. The van der Waals surface area contributed by atoms with Crippen LogP contribution in [0.15, 0.2) is 41.3 Å². The van der Waals surface area contributed by atoms with Crippen molar-refractivity contribution in [1.29, 1.82) is 0 Å². The van der Waals surface area contributed by atoms with Crippen LogP contribution in [-0.2, 0) is 10.0 Å². The minimum Gasteiger partial charge on any atom is -0.506 e. The predicted octanol–water partition coefficient (Wildman–Crippen LogP) is 2.51. The van der Waals surface area contributed by atoms with Gasteiger partial charge in [-0.1, -0.05) is 17.7 Å². The Labute approximate surface area is 128 Å². The number of rotatable bonds is 4. The molecule has 0 saturated carbocycles. The summed E-state index contributed by atoms with van der Waals surface area (Å²) in [4.78, 5) is 11.0. The smallest absolute Gasteiger partial charge is 0.335 e. The predicted molar refractivity (Wildman–Crippen MR) is 81.8 cm³/mol. The van der Waals surface area contributed by atoms with Crippen LogP contribution in [0, 0.1) is 13.8 Å². The van der Waals surface area contributed by atoms with E-state index in [1.54, 1.807) is 19.1 Å². The molecule has 2 aromatic carbocycles. The molecule has 0 unspecified atom stereocenters. The molecule has 0 fully saturated rings. The van der Waals surface area contributed by atoms with E-state index >= 15 is 0 Å². The van der Waals surface area contributed by atoms with Crippen molar-refractivity contribution in [1.82, 2.24) is 0 Å². The average Bonchev–Trinajstić information content (AvgIpc) is 2.40. The zero-order chi connectivity index (χ0) is 16.5. The largest absolute Gasteiger partial charge is 0.506 e. The number of carboxylic acids is 1. The Balaban J connectivity index is 2.45. The molecular formula is C15H15NO5S. The average molecular weight is 321 g/mol. The maximum Gasteiger partial charge on any atom is 0.335 e. The number of phenolic OH excluding ortho intramolecular Hbond substituents is 1. The monoisotopic (exact) mass is 321 g/mol. The Morgan fingerprint density at radius 2 is 1.77 bits per heavy atom. The minimum absolute atomic E-state index is 0.0678. The van der Waals surface area contributed by atoms with Crippen molar-refractivity contribution in [3.05, 3.63) is 53.1 Å². The lowest BCUT2D eigenvalue weighted by molar-refractivity contribution is 0.0697. The van der Waals surface area contributed by atoms with Crippen LogP contribution >= 0.6 is 0 Å². The summed E-state index contributed by atoms with van der Waals surface area (Å²) in [6.45, 7) is 3.51. The molecule has 0 aromatic heterocycles. The number of sulfonamides is 1. The lowest BCUT2D eigenvalue weighted by Gasteiger charge is -2.12. The molecule has 7 heteroatoms. The van der Waals surface area contributed by atoms with E-state index in [4.69, 9.17) is 5.11 Å². The van der Waals surface area contributed by atoms with Crippen molar-refractivity contribution in [3.8, 4) is 5.75 Å². The molecule has 22 heavy (non-hydrogen) atoms. The number of benzene rings is 2. The molecule has 0 bridgehead atoms. The molecule has 2 aromatic rings. The Hall–Kier alpha value is -2.54. The molecule has 2 rings (SSSR count). The van der Waals surface area contributed by atoms with Crippen LogP contribution in [0.3, 0.4) is 0 Å². The first-order valence-corrected chi connectivity index (χ1v) is 7.85. The highest BCUT2D eigenvalue weighted by atomic mass is 32.2. The van der Waals surface area contributed by atoms with Crippen LogP contribution in [-0.4, -0.2) is 24.6 Å². The highest BCUT2D eigenvalue weighted by molar-refractivity contribution is 7.92. The molecule has 116 valence electrons. The second kappa shape index (κ2) is 5.69. The maximum absolute atomic E-state index is 12.4. The first-order chi connectivity index (χ1) is 10.2. The first kappa shape index (κ1) is 15.8. The van der Waals surface area contributed by atoms with Gasteiger partial charge in [0, 0.05) is 0 Å². The third-order valence-corrected chi connectivity index (χ3v) is 4.63. The third-order valence-electron chi connectivity index (χ3n) is 3.11. The molecular weight excluding hydrogens is 306 g/mol. The van der Waals surface area contributed by atoms with E-state index in [-0.39, 0.29) is 21.9 Å². The van der Waals surface area contributed by atoms with Gasteiger partial charge in [-0.25, -0.2) is 13.2 Å². The molecule has 6 nitrogen and oxygen atoms in total. The van der Waals surface area contributed by atoms with E-state index < -0.39 is 16.0 Å². The van der Waals surface area contributed by atoms with E-state index in [2.05, 4.69) is 4.72 Å². The van der Waals surface area contributed by atoms with Gasteiger partial charge in [0.1, 0.15) is 5.75 Å². The van der Waals surface area contributed by atoms with Gasteiger partial charge in [0.15, 0.2) is 0 Å². The second-order valence-corrected chi connectivity index (χ2v) is 6.56. The summed E-state index contributed by atoms with van der Waals surface area (Å²) in [5.74, 6) is -1.56. The van der Waals surface area contributed by atoms with Gasteiger partial charge in [-0.3, -0.25) is 4.72 Å². The number of carbonyl (C=O) groups is 1. The summed E-state index contributed by atoms with van der Waals surface area (Å²) in [5, 5.41) is 18.7. The number of nitrogens with one attached hydrogen (secondary N) is 1. The number of aromatic carboxylic acids is 1. The summed E-state index contributed by atoms with van der Waals surface area (Å²) >= 11 is 0. The van der Waals surface area contributed by atoms with Gasteiger partial charge in [0.2, 0.25) is 0 Å². The minimum atomic E-state index is -3.93. The number of carboxylic acid groups (broad SMARTS) is 1. The zero-order valence-electron chi connectivity index (χ0n) is 12.0. The number of anilines is 1. The fourth-order valence-corrected chi connectivity index (χ4v) is 3.34. The summed E-state index contributed by atoms with van der Waals surface area (Å²) in [5.41, 5.74) is 1.17. The SMILES string of the molecule is Cc1ccc(S(=O)(=O)Nc2cc(C(=O)O)ccc2O)c(C)c1. The Morgan fingerprint density at radius 1 is 1.09 bits per heavy atom. The summed E-state index contributed by atoms with van der Waals surface area (Å²) in [7, 11) is -3.93. The number of aryl methyl sites for hydroxylation is 2. The molecule has 0 radical (unpaired) electrons. The highest BCUT2D eigenvalue weighted by Crippen LogP contribution is 2.28. The van der Waals surface area contributed by atoms with Crippen molar-refractivity contribution >= 4 is 21.7 Å². The Morgan fingerprint density at radius 3 is 2.36 bits per heavy atom. The molecule has 0 amide bonds. The second-order valence-electron chi connectivity index (χ2n) is 4.91. The van der Waals surface area contributed by atoms with Crippen LogP contribution < -0.4 is 4.72 Å². The molecule has 0 aliphatic carbocycles. The molecule has 0 aliphatic heterocycles. The van der Waals surface area contributed by atoms with Gasteiger partial charge in [0.05, 0.1) is 16.1 Å². The molecule has 0 aliphatic rings. The molecule has 0 spiro atoms. The normalized spacial score (nSPS) is 11.2. The standard InChI is InChI=1S/C15H15NO5S/c1-9-3-6-14(10(2)7-9)22(20,21)16-12-8-11(15(18)19)4-5-13(12)17/h3-8,16-17H,1-2H3,(H,18,19). The Bertz CT molecular complexity index is 843. The third kappa shape index (κ3) is 3.20. The highest BCUT2D eigenvalue weighted by Gasteiger charge is 2.19. The van der Waals surface area contributed by atoms with Crippen molar-refractivity contribution in [2.24, 2.45) is 0 Å². The van der Waals surface area contributed by atoms with E-state index in [0.717, 1.165) is 17.7 Å². The zero-order valence-corrected chi connectivity index (χ0v) is 12.8. The van der Waals surface area contributed by atoms with Crippen LogP contribution in [0.2, 0.25) is 0 Å². The molecule has 3 N–H and O–H groups in total. The summed E-state index contributed by atoms with van der Waals surface area (Å²) in [6.07, 6.45) is 0. The number of hydrogen-bond acceptors (Lipinski definition) is 4. The first-order valence-electron chi connectivity index (χ1n) is 6.37. The van der Waals surface area contributed by atoms with E-state index in [1.807, 2.05) is 6.92 Å². The van der Waals surface area contributed by atoms with Gasteiger partial charge in [-0.2, -0.15) is 0 Å². The number of hydrogen-bond donors (Lipinski definition) is 3. The van der Waals surface area contributed by atoms with Gasteiger partial charge in [0.25, 0.3) is 10.0 Å². The lowest BCUT2D eigenvalue weighted by Crippen LogP contribution is -2.15. The van der Waals surface area contributed by atoms with Gasteiger partial charge in [-0.15, -0.1) is 0 Å². The van der Waals surface area contributed by atoms with Gasteiger partial charge >= 0.3 is 5.97 Å².